The van der Waals surface area contributed by atoms with Crippen molar-refractivity contribution in [2.75, 3.05) is 24.3 Å². The summed E-state index contributed by atoms with van der Waals surface area (Å²) in [5.41, 5.74) is 0. The smallest absolute Gasteiger partial charge is 0.224 e. The minimum absolute atomic E-state index is 0.112. The van der Waals surface area contributed by atoms with E-state index in [2.05, 4.69) is 37.3 Å². The molecule has 0 amide bonds. The van der Waals surface area contributed by atoms with Gasteiger partial charge in [-0.3, -0.25) is 0 Å². The standard InChI is InChI=1S/C10H14BrN5/c1-7(4-5-12)16(3)9-8(11)6-14-10(13-2)15-9/h6-7H,4H2,1-3H3,(H,13,14,15). The Kier molecular flexibility index (Phi) is 4.50. The molecule has 1 aromatic heterocycles. The van der Waals surface area contributed by atoms with Crippen LogP contribution in [0, 0.1) is 11.3 Å². The third-order valence-electron chi connectivity index (χ3n) is 2.33. The summed E-state index contributed by atoms with van der Waals surface area (Å²) in [6.45, 7) is 1.98. The third-order valence-corrected chi connectivity index (χ3v) is 2.89. The van der Waals surface area contributed by atoms with Crippen LogP contribution in [0.1, 0.15) is 13.3 Å². The van der Waals surface area contributed by atoms with Crippen LogP contribution in [0.3, 0.4) is 0 Å². The van der Waals surface area contributed by atoms with Gasteiger partial charge in [-0.05, 0) is 22.9 Å². The minimum Gasteiger partial charge on any atom is -0.357 e. The summed E-state index contributed by atoms with van der Waals surface area (Å²) in [7, 11) is 3.68. The fourth-order valence-electron chi connectivity index (χ4n) is 1.20. The maximum Gasteiger partial charge on any atom is 0.224 e. The number of aromatic nitrogens is 2. The number of hydrogen-bond donors (Lipinski definition) is 1. The van der Waals surface area contributed by atoms with Gasteiger partial charge in [0, 0.05) is 26.3 Å². The Morgan fingerprint density at radius 3 is 2.94 bits per heavy atom. The molecule has 1 rings (SSSR count). The predicted octanol–water partition coefficient (Wildman–Crippen LogP) is 2.02. The van der Waals surface area contributed by atoms with Crippen LogP contribution in [0.5, 0.6) is 0 Å². The first kappa shape index (κ1) is 12.7. The maximum atomic E-state index is 8.67. The third kappa shape index (κ3) is 2.83. The molecule has 0 saturated carbocycles. The molecule has 0 aliphatic carbocycles. The van der Waals surface area contributed by atoms with Gasteiger partial charge in [0.2, 0.25) is 5.95 Å². The molecule has 1 N–H and O–H groups in total. The summed E-state index contributed by atoms with van der Waals surface area (Å²) in [6, 6.07) is 2.26. The van der Waals surface area contributed by atoms with E-state index >= 15 is 0 Å². The number of nitriles is 1. The van der Waals surface area contributed by atoms with Crippen LogP contribution in [-0.2, 0) is 0 Å². The first-order valence-electron chi connectivity index (χ1n) is 4.90. The fraction of sp³-hybridized carbons (Fsp3) is 0.500. The molecule has 0 radical (unpaired) electrons. The van der Waals surface area contributed by atoms with E-state index in [-0.39, 0.29) is 6.04 Å². The summed E-state index contributed by atoms with van der Waals surface area (Å²) in [5.74, 6) is 1.34. The second-order valence-electron chi connectivity index (χ2n) is 3.44. The molecule has 5 nitrogen and oxygen atoms in total. The molecule has 0 aliphatic heterocycles. The lowest BCUT2D eigenvalue weighted by molar-refractivity contribution is 0.691. The van der Waals surface area contributed by atoms with E-state index in [9.17, 15) is 0 Å². The van der Waals surface area contributed by atoms with Gasteiger partial charge in [0.1, 0.15) is 5.82 Å². The molecule has 0 fully saturated rings. The molecule has 0 saturated heterocycles. The van der Waals surface area contributed by atoms with Crippen LogP contribution in [0.2, 0.25) is 0 Å². The topological polar surface area (TPSA) is 64.8 Å². The first-order chi connectivity index (χ1) is 7.60. The summed E-state index contributed by atoms with van der Waals surface area (Å²) < 4.78 is 0.818. The molecule has 1 heterocycles. The highest BCUT2D eigenvalue weighted by Gasteiger charge is 2.14. The van der Waals surface area contributed by atoms with Crippen molar-refractivity contribution in [2.45, 2.75) is 19.4 Å². The van der Waals surface area contributed by atoms with Crippen molar-refractivity contribution >= 4 is 27.7 Å². The number of rotatable bonds is 4. The van der Waals surface area contributed by atoms with Crippen molar-refractivity contribution in [2.24, 2.45) is 0 Å². The SMILES string of the molecule is CNc1ncc(Br)c(N(C)C(C)CC#N)n1. The molecular formula is C10H14BrN5. The molecule has 0 spiro atoms. The zero-order valence-electron chi connectivity index (χ0n) is 9.53. The number of anilines is 2. The molecular weight excluding hydrogens is 270 g/mol. The molecule has 1 atom stereocenters. The van der Waals surface area contributed by atoms with Gasteiger partial charge in [-0.15, -0.1) is 0 Å². The Balaban J connectivity index is 2.98. The Bertz CT molecular complexity index is 401. The second kappa shape index (κ2) is 5.66. The lowest BCUT2D eigenvalue weighted by Crippen LogP contribution is -2.29. The average molecular weight is 284 g/mol. The van der Waals surface area contributed by atoms with Gasteiger partial charge in [-0.1, -0.05) is 0 Å². The largest absolute Gasteiger partial charge is 0.357 e. The number of nitrogens with one attached hydrogen (secondary N) is 1. The van der Waals surface area contributed by atoms with E-state index in [1.807, 2.05) is 18.9 Å². The normalized spacial score (nSPS) is 11.7. The van der Waals surface area contributed by atoms with Crippen molar-refractivity contribution in [1.82, 2.24) is 9.97 Å². The monoisotopic (exact) mass is 283 g/mol. The van der Waals surface area contributed by atoms with Crippen LogP contribution >= 0.6 is 15.9 Å². The van der Waals surface area contributed by atoms with Gasteiger partial charge in [-0.25, -0.2) is 4.98 Å². The fourth-order valence-corrected chi connectivity index (χ4v) is 1.67. The summed E-state index contributed by atoms with van der Waals surface area (Å²) in [5, 5.41) is 11.6. The zero-order valence-corrected chi connectivity index (χ0v) is 11.1. The number of nitrogens with zero attached hydrogens (tertiary/aromatic N) is 4. The molecule has 0 aliphatic rings. The van der Waals surface area contributed by atoms with Gasteiger partial charge >= 0.3 is 0 Å². The van der Waals surface area contributed by atoms with Crippen LogP contribution < -0.4 is 10.2 Å². The van der Waals surface area contributed by atoms with Crippen LogP contribution in [0.15, 0.2) is 10.7 Å². The molecule has 6 heteroatoms. The first-order valence-corrected chi connectivity index (χ1v) is 5.69. The van der Waals surface area contributed by atoms with E-state index in [1.165, 1.54) is 0 Å². The van der Waals surface area contributed by atoms with E-state index in [1.54, 1.807) is 13.2 Å². The van der Waals surface area contributed by atoms with Gasteiger partial charge in [0.05, 0.1) is 17.0 Å². The number of halogens is 1. The maximum absolute atomic E-state index is 8.67. The summed E-state index contributed by atoms with van der Waals surface area (Å²) in [6.07, 6.45) is 2.16. The average Bonchev–Trinajstić information content (AvgIpc) is 2.29. The van der Waals surface area contributed by atoms with E-state index in [0.717, 1.165) is 10.3 Å². The minimum atomic E-state index is 0.112. The lowest BCUT2D eigenvalue weighted by atomic mass is 10.2. The zero-order chi connectivity index (χ0) is 12.1. The summed E-state index contributed by atoms with van der Waals surface area (Å²) >= 11 is 3.40. The van der Waals surface area contributed by atoms with Gasteiger partial charge in [0.25, 0.3) is 0 Å². The highest BCUT2D eigenvalue weighted by Crippen LogP contribution is 2.25. The van der Waals surface area contributed by atoms with Crippen LogP contribution in [0.4, 0.5) is 11.8 Å². The van der Waals surface area contributed by atoms with Crippen molar-refractivity contribution in [3.8, 4) is 6.07 Å². The Morgan fingerprint density at radius 1 is 1.69 bits per heavy atom. The molecule has 1 unspecified atom stereocenters. The second-order valence-corrected chi connectivity index (χ2v) is 4.29. The van der Waals surface area contributed by atoms with E-state index < -0.39 is 0 Å². The Morgan fingerprint density at radius 2 is 2.38 bits per heavy atom. The summed E-state index contributed by atoms with van der Waals surface area (Å²) in [4.78, 5) is 10.4. The molecule has 16 heavy (non-hydrogen) atoms. The van der Waals surface area contributed by atoms with Gasteiger partial charge in [-0.2, -0.15) is 10.2 Å². The van der Waals surface area contributed by atoms with Gasteiger partial charge in [0.15, 0.2) is 0 Å². The number of hydrogen-bond acceptors (Lipinski definition) is 5. The molecule has 86 valence electrons. The Labute approximate surface area is 104 Å². The molecule has 1 aromatic rings. The Hall–Kier alpha value is -1.35. The van der Waals surface area contributed by atoms with Crippen molar-refractivity contribution in [3.05, 3.63) is 10.7 Å². The van der Waals surface area contributed by atoms with Crippen molar-refractivity contribution in [1.29, 1.82) is 5.26 Å². The molecule has 0 bridgehead atoms. The van der Waals surface area contributed by atoms with E-state index in [4.69, 9.17) is 5.26 Å². The van der Waals surface area contributed by atoms with Gasteiger partial charge < -0.3 is 10.2 Å². The van der Waals surface area contributed by atoms with Crippen molar-refractivity contribution in [3.63, 3.8) is 0 Å². The lowest BCUT2D eigenvalue weighted by Gasteiger charge is -2.25. The molecule has 0 aromatic carbocycles. The van der Waals surface area contributed by atoms with Crippen LogP contribution in [-0.4, -0.2) is 30.1 Å². The predicted molar refractivity (Wildman–Crippen MR) is 67.4 cm³/mol. The quantitative estimate of drug-likeness (QED) is 0.916. The highest BCUT2D eigenvalue weighted by atomic mass is 79.9. The van der Waals surface area contributed by atoms with Crippen molar-refractivity contribution < 1.29 is 0 Å². The van der Waals surface area contributed by atoms with E-state index in [0.29, 0.717) is 12.4 Å². The highest BCUT2D eigenvalue weighted by molar-refractivity contribution is 9.10. The van der Waals surface area contributed by atoms with Crippen LogP contribution in [0.25, 0.3) is 0 Å².